The predicted octanol–water partition coefficient (Wildman–Crippen LogP) is 2.80. The maximum atomic E-state index is 12.2. The number of nitrogens with one attached hydrogen (secondary N) is 1. The van der Waals surface area contributed by atoms with Gasteiger partial charge in [-0.15, -0.1) is 0 Å². The molecule has 1 N–H and O–H groups in total. The Hall–Kier alpha value is -3.17. The number of ether oxygens (including phenoxy) is 1. The molecule has 0 saturated carbocycles. The molecule has 0 aromatic carbocycles. The van der Waals surface area contributed by atoms with Crippen LogP contribution in [0.2, 0.25) is 0 Å². The van der Waals surface area contributed by atoms with Crippen LogP contribution in [0.1, 0.15) is 23.2 Å². The molecule has 0 unspecified atom stereocenters. The molecule has 7 nitrogen and oxygen atoms in total. The van der Waals surface area contributed by atoms with Gasteiger partial charge >= 0.3 is 6.18 Å². The van der Waals surface area contributed by atoms with E-state index in [2.05, 4.69) is 20.4 Å². The van der Waals surface area contributed by atoms with Crippen LogP contribution in [-0.4, -0.2) is 45.5 Å². The van der Waals surface area contributed by atoms with Crippen LogP contribution >= 0.6 is 0 Å². The lowest BCUT2D eigenvalue weighted by atomic mass is 10.2. The topological polar surface area (TPSA) is 81.9 Å². The van der Waals surface area contributed by atoms with E-state index in [0.29, 0.717) is 17.8 Å². The van der Waals surface area contributed by atoms with Gasteiger partial charge in [-0.05, 0) is 24.6 Å². The van der Waals surface area contributed by atoms with E-state index in [0.717, 1.165) is 16.5 Å². The van der Waals surface area contributed by atoms with Crippen molar-refractivity contribution in [2.24, 2.45) is 0 Å². The van der Waals surface area contributed by atoms with Crippen molar-refractivity contribution in [3.05, 3.63) is 47.5 Å². The largest absolute Gasteiger partial charge is 0.477 e. The first-order valence-electron chi connectivity index (χ1n) is 8.92. The number of hydrogen-bond acceptors (Lipinski definition) is 5. The number of rotatable bonds is 7. The molecule has 0 saturated heterocycles. The third-order valence-electron chi connectivity index (χ3n) is 4.23. The molecule has 3 rings (SSSR count). The van der Waals surface area contributed by atoms with Gasteiger partial charge in [-0.1, -0.05) is 0 Å². The zero-order valence-electron chi connectivity index (χ0n) is 16.0. The second kappa shape index (κ2) is 8.46. The Balaban J connectivity index is 1.73. The number of carbonyl (C=O) groups excluding carboxylic acids is 1. The van der Waals surface area contributed by atoms with Gasteiger partial charge in [0.25, 0.3) is 0 Å². The minimum Gasteiger partial charge on any atom is -0.477 e. The molecular weight excluding hydrogens is 387 g/mol. The van der Waals surface area contributed by atoms with Crippen LogP contribution in [0.25, 0.3) is 10.9 Å². The standard InChI is InChI=1S/C19H20F3N5O2/c1-12-7-13(9-25-18(12)29-6-4-19(20,21)22)10-27-11-14-15(26-27)3-5-24-16(14)8-17(28)23-2/h3,5,7,9,11H,4,6,8,10H2,1-2H3,(H,23,28). The van der Waals surface area contributed by atoms with Gasteiger partial charge in [0.05, 0.1) is 37.2 Å². The maximum Gasteiger partial charge on any atom is 0.392 e. The second-order valence-corrected chi connectivity index (χ2v) is 6.55. The summed E-state index contributed by atoms with van der Waals surface area (Å²) < 4.78 is 43.5. The number of aromatic nitrogens is 4. The Morgan fingerprint density at radius 3 is 2.79 bits per heavy atom. The fourth-order valence-electron chi connectivity index (χ4n) is 2.82. The summed E-state index contributed by atoms with van der Waals surface area (Å²) in [6.07, 6.45) is -0.167. The van der Waals surface area contributed by atoms with Crippen LogP contribution in [-0.2, 0) is 17.8 Å². The lowest BCUT2D eigenvalue weighted by Gasteiger charge is -2.11. The molecule has 3 heterocycles. The highest BCUT2D eigenvalue weighted by Gasteiger charge is 2.27. The minimum absolute atomic E-state index is 0.140. The molecule has 0 spiro atoms. The number of alkyl halides is 3. The van der Waals surface area contributed by atoms with Crippen LogP contribution in [0.15, 0.2) is 30.7 Å². The zero-order valence-corrected chi connectivity index (χ0v) is 16.0. The molecular formula is C19H20F3N5O2. The first-order chi connectivity index (χ1) is 13.7. The molecule has 29 heavy (non-hydrogen) atoms. The van der Waals surface area contributed by atoms with E-state index < -0.39 is 19.2 Å². The monoisotopic (exact) mass is 407 g/mol. The molecule has 0 aliphatic rings. The van der Waals surface area contributed by atoms with E-state index in [1.54, 1.807) is 43.2 Å². The molecule has 154 valence electrons. The fourth-order valence-corrected chi connectivity index (χ4v) is 2.82. The van der Waals surface area contributed by atoms with E-state index >= 15 is 0 Å². The SMILES string of the molecule is CNC(=O)Cc1nccc2nn(Cc3cnc(OCCC(F)(F)F)c(C)c3)cc12. The third kappa shape index (κ3) is 5.43. The van der Waals surface area contributed by atoms with Gasteiger partial charge in [0.2, 0.25) is 11.8 Å². The van der Waals surface area contributed by atoms with Gasteiger partial charge in [0.1, 0.15) is 0 Å². The average Bonchev–Trinajstić information content (AvgIpc) is 3.06. The molecule has 0 radical (unpaired) electrons. The summed E-state index contributed by atoms with van der Waals surface area (Å²) in [6.45, 7) is 1.66. The first kappa shape index (κ1) is 20.6. The molecule has 1 amide bonds. The molecule has 3 aromatic rings. The number of hydrogen-bond donors (Lipinski definition) is 1. The molecule has 0 aliphatic carbocycles. The summed E-state index contributed by atoms with van der Waals surface area (Å²) >= 11 is 0. The quantitative estimate of drug-likeness (QED) is 0.651. The summed E-state index contributed by atoms with van der Waals surface area (Å²) in [5, 5.41) is 7.85. The highest BCUT2D eigenvalue weighted by molar-refractivity contribution is 5.86. The van der Waals surface area contributed by atoms with Crippen molar-refractivity contribution in [3.63, 3.8) is 0 Å². The maximum absolute atomic E-state index is 12.2. The van der Waals surface area contributed by atoms with Crippen molar-refractivity contribution < 1.29 is 22.7 Å². The summed E-state index contributed by atoms with van der Waals surface area (Å²) in [5.74, 6) is 0.0411. The highest BCUT2D eigenvalue weighted by Crippen LogP contribution is 2.22. The van der Waals surface area contributed by atoms with E-state index in [9.17, 15) is 18.0 Å². The number of likely N-dealkylation sites (N-methyl/N-ethyl adjacent to an activating group) is 1. The minimum atomic E-state index is -4.26. The number of amides is 1. The Bertz CT molecular complexity index is 1020. The number of aryl methyl sites for hydroxylation is 1. The fraction of sp³-hybridized carbons (Fsp3) is 0.368. The highest BCUT2D eigenvalue weighted by atomic mass is 19.4. The van der Waals surface area contributed by atoms with E-state index in [-0.39, 0.29) is 18.2 Å². The van der Waals surface area contributed by atoms with Crippen molar-refractivity contribution in [1.29, 1.82) is 0 Å². The molecule has 0 fully saturated rings. The Labute approximate surface area is 164 Å². The van der Waals surface area contributed by atoms with Gasteiger partial charge in [0, 0.05) is 36.6 Å². The number of fused-ring (bicyclic) bond motifs is 1. The Morgan fingerprint density at radius 2 is 2.10 bits per heavy atom. The van der Waals surface area contributed by atoms with E-state index in [1.165, 1.54) is 0 Å². The number of carbonyl (C=O) groups is 1. The lowest BCUT2D eigenvalue weighted by Crippen LogP contribution is -2.20. The summed E-state index contributed by atoms with van der Waals surface area (Å²) in [6, 6.07) is 3.56. The van der Waals surface area contributed by atoms with Crippen molar-refractivity contribution in [2.45, 2.75) is 32.5 Å². The Morgan fingerprint density at radius 1 is 1.31 bits per heavy atom. The molecule has 0 aliphatic heterocycles. The van der Waals surface area contributed by atoms with E-state index in [4.69, 9.17) is 4.74 Å². The van der Waals surface area contributed by atoms with Crippen molar-refractivity contribution in [1.82, 2.24) is 25.1 Å². The van der Waals surface area contributed by atoms with Crippen LogP contribution in [0.4, 0.5) is 13.2 Å². The number of nitrogens with zero attached hydrogens (tertiary/aromatic N) is 4. The van der Waals surface area contributed by atoms with Gasteiger partial charge in [-0.2, -0.15) is 18.3 Å². The number of pyridine rings is 2. The van der Waals surface area contributed by atoms with Crippen LogP contribution < -0.4 is 10.1 Å². The van der Waals surface area contributed by atoms with Crippen molar-refractivity contribution >= 4 is 16.8 Å². The zero-order chi connectivity index (χ0) is 21.0. The average molecular weight is 407 g/mol. The molecule has 0 atom stereocenters. The van der Waals surface area contributed by atoms with Crippen LogP contribution in [0, 0.1) is 6.92 Å². The van der Waals surface area contributed by atoms with Gasteiger partial charge in [-0.3, -0.25) is 14.5 Å². The lowest BCUT2D eigenvalue weighted by molar-refractivity contribution is -0.139. The summed E-state index contributed by atoms with van der Waals surface area (Å²) in [7, 11) is 1.57. The van der Waals surface area contributed by atoms with E-state index in [1.807, 2.05) is 6.20 Å². The smallest absolute Gasteiger partial charge is 0.392 e. The molecule has 10 heteroatoms. The van der Waals surface area contributed by atoms with Crippen molar-refractivity contribution in [3.8, 4) is 5.88 Å². The summed E-state index contributed by atoms with van der Waals surface area (Å²) in [5.41, 5.74) is 2.81. The summed E-state index contributed by atoms with van der Waals surface area (Å²) in [4.78, 5) is 20.0. The number of halogens is 3. The molecule has 3 aromatic heterocycles. The van der Waals surface area contributed by atoms with Crippen LogP contribution in [0.5, 0.6) is 5.88 Å². The van der Waals surface area contributed by atoms with Crippen LogP contribution in [0.3, 0.4) is 0 Å². The third-order valence-corrected chi connectivity index (χ3v) is 4.23. The van der Waals surface area contributed by atoms with Gasteiger partial charge < -0.3 is 10.1 Å². The normalized spacial score (nSPS) is 11.6. The van der Waals surface area contributed by atoms with Crippen molar-refractivity contribution in [2.75, 3.05) is 13.7 Å². The molecule has 0 bridgehead atoms. The van der Waals surface area contributed by atoms with Gasteiger partial charge in [0.15, 0.2) is 0 Å². The first-order valence-corrected chi connectivity index (χ1v) is 8.92. The Kier molecular flexibility index (Phi) is 6.00. The van der Waals surface area contributed by atoms with Gasteiger partial charge in [-0.25, -0.2) is 4.98 Å². The second-order valence-electron chi connectivity index (χ2n) is 6.55. The predicted molar refractivity (Wildman–Crippen MR) is 99.5 cm³/mol.